The summed E-state index contributed by atoms with van der Waals surface area (Å²) in [5.41, 5.74) is 4.39. The normalized spacial score (nSPS) is 21.9. The third-order valence-corrected chi connectivity index (χ3v) is 7.51. The predicted octanol–water partition coefficient (Wildman–Crippen LogP) is 0.0182. The first-order valence-corrected chi connectivity index (χ1v) is 13.5. The SMILES string of the molecule is C[C@H](NC(=O)CN1CCOCC1)C(=O)NC(Cc1ccccn1)(C(N)=O)[C@H](Cc1ccccc1)C(=O)[C@@]1(C)CO1. The summed E-state index contributed by atoms with van der Waals surface area (Å²) in [5.74, 6) is -3.26. The number of Topliss-reactive ketones (excluding diaryl/α,β-unsaturated/α-hetero) is 1. The van der Waals surface area contributed by atoms with Crippen LogP contribution in [0.25, 0.3) is 0 Å². The fraction of sp³-hybridized carbons (Fsp3) is 0.483. The van der Waals surface area contributed by atoms with Gasteiger partial charge < -0.3 is 25.8 Å². The number of ketones is 1. The average Bonchev–Trinajstić information content (AvgIpc) is 3.70. The van der Waals surface area contributed by atoms with Crippen molar-refractivity contribution < 1.29 is 28.7 Å². The number of carbonyl (C=O) groups is 4. The summed E-state index contributed by atoms with van der Waals surface area (Å²) >= 11 is 0. The third-order valence-electron chi connectivity index (χ3n) is 7.51. The molecule has 11 heteroatoms. The van der Waals surface area contributed by atoms with E-state index in [9.17, 15) is 19.2 Å². The smallest absolute Gasteiger partial charge is 0.244 e. The number of aromatic nitrogens is 1. The largest absolute Gasteiger partial charge is 0.379 e. The molecule has 0 aliphatic carbocycles. The number of hydrogen-bond donors (Lipinski definition) is 3. The van der Waals surface area contributed by atoms with E-state index >= 15 is 0 Å². The Bertz CT molecular complexity index is 1200. The van der Waals surface area contributed by atoms with Gasteiger partial charge in [0, 0.05) is 31.4 Å². The van der Waals surface area contributed by atoms with Crippen molar-refractivity contribution in [3.63, 3.8) is 0 Å². The van der Waals surface area contributed by atoms with Crippen molar-refractivity contribution in [1.82, 2.24) is 20.5 Å². The minimum atomic E-state index is -1.85. The molecule has 2 aliphatic rings. The molecule has 3 heterocycles. The Hall–Kier alpha value is -3.67. The van der Waals surface area contributed by atoms with Crippen LogP contribution in [-0.4, -0.2) is 90.0 Å². The lowest BCUT2D eigenvalue weighted by Crippen LogP contribution is -2.68. The Kier molecular flexibility index (Phi) is 9.28. The Morgan fingerprint density at radius 1 is 1.10 bits per heavy atom. The Morgan fingerprint density at radius 2 is 1.77 bits per heavy atom. The number of carbonyl (C=O) groups excluding carboxylic acids is 4. The van der Waals surface area contributed by atoms with Crippen molar-refractivity contribution in [2.75, 3.05) is 39.5 Å². The van der Waals surface area contributed by atoms with Crippen molar-refractivity contribution in [2.24, 2.45) is 11.7 Å². The maximum Gasteiger partial charge on any atom is 0.244 e. The number of amides is 3. The molecule has 214 valence electrons. The monoisotopic (exact) mass is 551 g/mol. The lowest BCUT2D eigenvalue weighted by Gasteiger charge is -2.39. The van der Waals surface area contributed by atoms with Crippen molar-refractivity contribution in [2.45, 2.75) is 43.9 Å². The predicted molar refractivity (Wildman–Crippen MR) is 146 cm³/mol. The summed E-state index contributed by atoms with van der Waals surface area (Å²) in [6.45, 7) is 5.82. The van der Waals surface area contributed by atoms with E-state index in [1.807, 2.05) is 35.2 Å². The van der Waals surface area contributed by atoms with E-state index in [0.717, 1.165) is 5.56 Å². The van der Waals surface area contributed by atoms with Crippen molar-refractivity contribution in [3.05, 3.63) is 66.0 Å². The van der Waals surface area contributed by atoms with Crippen LogP contribution in [0.15, 0.2) is 54.7 Å². The number of hydrogen-bond acceptors (Lipinski definition) is 8. The molecule has 0 bridgehead atoms. The Labute approximate surface area is 233 Å². The number of nitrogens with zero attached hydrogens (tertiary/aromatic N) is 2. The van der Waals surface area contributed by atoms with Crippen LogP contribution in [-0.2, 0) is 41.5 Å². The second-order valence-electron chi connectivity index (χ2n) is 10.6. The van der Waals surface area contributed by atoms with Gasteiger partial charge in [0.1, 0.15) is 17.2 Å². The van der Waals surface area contributed by atoms with Gasteiger partial charge in [-0.3, -0.25) is 29.1 Å². The molecule has 4 N–H and O–H groups in total. The molecular formula is C29H37N5O6. The van der Waals surface area contributed by atoms with E-state index < -0.39 is 34.9 Å². The maximum atomic E-state index is 13.9. The third kappa shape index (κ3) is 7.09. The van der Waals surface area contributed by atoms with E-state index in [2.05, 4.69) is 15.6 Å². The van der Waals surface area contributed by atoms with Gasteiger partial charge in [-0.05, 0) is 38.0 Å². The molecule has 1 aromatic carbocycles. The first kappa shape index (κ1) is 29.3. The number of morpholine rings is 1. The van der Waals surface area contributed by atoms with Gasteiger partial charge >= 0.3 is 0 Å². The average molecular weight is 552 g/mol. The lowest BCUT2D eigenvalue weighted by molar-refractivity contribution is -0.142. The zero-order chi connectivity index (χ0) is 28.8. The van der Waals surface area contributed by atoms with Crippen LogP contribution in [0, 0.1) is 5.92 Å². The second kappa shape index (κ2) is 12.7. The van der Waals surface area contributed by atoms with Gasteiger partial charge in [-0.15, -0.1) is 0 Å². The molecule has 2 aromatic rings. The molecular weight excluding hydrogens is 514 g/mol. The standard InChI is InChI=1S/C29H37N5O6/c1-20(32-24(35)18-34-12-14-39-15-13-34)26(37)33-29(27(30)38,17-22-10-6-7-11-31-22)23(25(36)28(2)19-40-28)16-21-8-4-3-5-9-21/h3-11,20,23H,12-19H2,1-2H3,(H2,30,38)(H,32,35)(H,33,37)/t20-,23+,28+,29?/m0/s1. The summed E-state index contributed by atoms with van der Waals surface area (Å²) < 4.78 is 10.8. The number of primary amides is 1. The number of nitrogens with two attached hydrogens (primary N) is 1. The van der Waals surface area contributed by atoms with Crippen LogP contribution in [0.1, 0.15) is 25.1 Å². The zero-order valence-electron chi connectivity index (χ0n) is 22.9. The highest BCUT2D eigenvalue weighted by Crippen LogP contribution is 2.37. The van der Waals surface area contributed by atoms with E-state index in [1.165, 1.54) is 6.92 Å². The molecule has 1 unspecified atom stereocenters. The molecule has 40 heavy (non-hydrogen) atoms. The van der Waals surface area contributed by atoms with Crippen LogP contribution in [0.5, 0.6) is 0 Å². The number of nitrogens with one attached hydrogen (secondary N) is 2. The van der Waals surface area contributed by atoms with E-state index in [0.29, 0.717) is 32.0 Å². The van der Waals surface area contributed by atoms with Crippen LogP contribution < -0.4 is 16.4 Å². The molecule has 0 radical (unpaired) electrons. The second-order valence-corrected chi connectivity index (χ2v) is 10.6. The van der Waals surface area contributed by atoms with Crippen LogP contribution >= 0.6 is 0 Å². The highest BCUT2D eigenvalue weighted by atomic mass is 16.6. The fourth-order valence-corrected chi connectivity index (χ4v) is 4.97. The topological polar surface area (TPSA) is 156 Å². The van der Waals surface area contributed by atoms with E-state index in [-0.39, 0.29) is 37.7 Å². The number of pyridine rings is 1. The zero-order valence-corrected chi connectivity index (χ0v) is 22.9. The van der Waals surface area contributed by atoms with Gasteiger partial charge in [0.2, 0.25) is 17.7 Å². The van der Waals surface area contributed by atoms with Gasteiger partial charge in [-0.2, -0.15) is 0 Å². The van der Waals surface area contributed by atoms with Crippen molar-refractivity contribution in [1.29, 1.82) is 0 Å². The summed E-state index contributed by atoms with van der Waals surface area (Å²) in [4.78, 5) is 59.9. The summed E-state index contributed by atoms with van der Waals surface area (Å²) in [6, 6.07) is 13.4. The van der Waals surface area contributed by atoms with Gasteiger partial charge in [-0.1, -0.05) is 36.4 Å². The fourth-order valence-electron chi connectivity index (χ4n) is 4.97. The summed E-state index contributed by atoms with van der Waals surface area (Å²) in [7, 11) is 0. The number of epoxide rings is 1. The molecule has 1 aromatic heterocycles. The van der Waals surface area contributed by atoms with Gasteiger partial charge in [0.25, 0.3) is 0 Å². The number of ether oxygens (including phenoxy) is 2. The molecule has 3 amide bonds. The van der Waals surface area contributed by atoms with Gasteiger partial charge in [0.15, 0.2) is 5.78 Å². The van der Waals surface area contributed by atoms with E-state index in [1.54, 1.807) is 31.3 Å². The summed E-state index contributed by atoms with van der Waals surface area (Å²) in [6.07, 6.45) is 1.58. The maximum absolute atomic E-state index is 13.9. The molecule has 4 rings (SSSR count). The molecule has 4 atom stereocenters. The lowest BCUT2D eigenvalue weighted by atomic mass is 9.71. The molecule has 2 saturated heterocycles. The molecule has 0 spiro atoms. The van der Waals surface area contributed by atoms with Crippen LogP contribution in [0.2, 0.25) is 0 Å². The molecule has 0 saturated carbocycles. The molecule has 2 fully saturated rings. The first-order chi connectivity index (χ1) is 19.1. The van der Waals surface area contributed by atoms with E-state index in [4.69, 9.17) is 15.2 Å². The van der Waals surface area contributed by atoms with Crippen LogP contribution in [0.3, 0.4) is 0 Å². The number of benzene rings is 1. The highest BCUT2D eigenvalue weighted by Gasteiger charge is 2.58. The molecule has 11 nitrogen and oxygen atoms in total. The Balaban J connectivity index is 1.64. The van der Waals surface area contributed by atoms with Crippen molar-refractivity contribution in [3.8, 4) is 0 Å². The molecule has 2 aliphatic heterocycles. The van der Waals surface area contributed by atoms with Gasteiger partial charge in [0.05, 0.1) is 32.3 Å². The highest BCUT2D eigenvalue weighted by molar-refractivity contribution is 6.01. The Morgan fingerprint density at radius 3 is 2.38 bits per heavy atom. The first-order valence-electron chi connectivity index (χ1n) is 13.5. The van der Waals surface area contributed by atoms with Crippen molar-refractivity contribution >= 4 is 23.5 Å². The minimum absolute atomic E-state index is 0.112. The quantitative estimate of drug-likeness (QED) is 0.294. The minimum Gasteiger partial charge on any atom is -0.379 e. The number of rotatable bonds is 13. The van der Waals surface area contributed by atoms with Gasteiger partial charge in [-0.25, -0.2) is 0 Å². The summed E-state index contributed by atoms with van der Waals surface area (Å²) in [5, 5.41) is 5.51. The van der Waals surface area contributed by atoms with Crippen LogP contribution in [0.4, 0.5) is 0 Å².